The number of ether oxygens (including phenoxy) is 2. The zero-order chi connectivity index (χ0) is 18.1. The van der Waals surface area contributed by atoms with Crippen LogP contribution >= 0.6 is 33.2 Å². The van der Waals surface area contributed by atoms with Crippen LogP contribution in [0.1, 0.15) is 63.4 Å². The smallest absolute Gasteiger partial charge is 0.341 e. The van der Waals surface area contributed by atoms with E-state index >= 15 is 0 Å². The second kappa shape index (κ2) is 11.0. The molecule has 0 aromatic heterocycles. The molecule has 1 aromatic carbocycles. The van der Waals surface area contributed by atoms with Crippen LogP contribution in [0.5, 0.6) is 5.75 Å². The predicted octanol–water partition coefficient (Wildman–Crippen LogP) is 6.95. The van der Waals surface area contributed by atoms with E-state index in [2.05, 4.69) is 31.2 Å². The lowest BCUT2D eigenvalue weighted by Gasteiger charge is -2.29. The summed E-state index contributed by atoms with van der Waals surface area (Å²) in [4.78, 5) is 0. The summed E-state index contributed by atoms with van der Waals surface area (Å²) in [7, 11) is 0. The number of hydrogen-bond acceptors (Lipinski definition) is 2. The van der Waals surface area contributed by atoms with E-state index in [0.717, 1.165) is 44.5 Å². The first-order valence-corrected chi connectivity index (χ1v) is 14.6. The largest absolute Gasteiger partial charge is 0.494 e. The van der Waals surface area contributed by atoms with E-state index in [1.165, 1.54) is 18.4 Å². The fourth-order valence-corrected chi connectivity index (χ4v) is 5.00. The average molecular weight is 424 g/mol. The van der Waals surface area contributed by atoms with Gasteiger partial charge in [0.1, 0.15) is 5.75 Å². The van der Waals surface area contributed by atoms with Crippen LogP contribution in [0.2, 0.25) is 6.04 Å². The molecule has 0 saturated heterocycles. The highest BCUT2D eigenvalue weighted by Gasteiger charge is 2.25. The van der Waals surface area contributed by atoms with Crippen molar-refractivity contribution in [2.75, 3.05) is 13.2 Å². The van der Waals surface area contributed by atoms with Crippen molar-refractivity contribution in [3.05, 3.63) is 29.8 Å². The monoisotopic (exact) mass is 422 g/mol. The Morgan fingerprint density at radius 3 is 2.24 bits per heavy atom. The highest BCUT2D eigenvalue weighted by atomic mass is 35.8. The van der Waals surface area contributed by atoms with E-state index in [0.29, 0.717) is 24.7 Å². The van der Waals surface area contributed by atoms with Gasteiger partial charge in [-0.2, -0.15) is 0 Å². The molecule has 0 N–H and O–H groups in total. The highest BCUT2D eigenvalue weighted by Crippen LogP contribution is 2.35. The van der Waals surface area contributed by atoms with Gasteiger partial charge in [-0.1, -0.05) is 25.5 Å². The molecule has 1 saturated carbocycles. The van der Waals surface area contributed by atoms with Crippen LogP contribution in [-0.4, -0.2) is 25.3 Å². The molecule has 0 radical (unpaired) electrons. The molecule has 2 nitrogen and oxygen atoms in total. The molecule has 0 atom stereocenters. The van der Waals surface area contributed by atoms with Crippen LogP contribution in [0.3, 0.4) is 0 Å². The Balaban J connectivity index is 1.67. The van der Waals surface area contributed by atoms with Gasteiger partial charge >= 0.3 is 6.00 Å². The van der Waals surface area contributed by atoms with Crippen molar-refractivity contribution in [3.8, 4) is 5.75 Å². The van der Waals surface area contributed by atoms with Crippen LogP contribution in [-0.2, 0) is 4.74 Å². The first kappa shape index (κ1) is 21.4. The number of rotatable bonds is 10. The molecular formula is C19H29Cl3O2Si. The zero-order valence-corrected chi connectivity index (χ0v) is 18.3. The molecule has 0 spiro atoms. The van der Waals surface area contributed by atoms with Crippen molar-refractivity contribution in [1.29, 1.82) is 0 Å². The topological polar surface area (TPSA) is 18.5 Å². The average Bonchev–Trinajstić information content (AvgIpc) is 2.59. The Kier molecular flexibility index (Phi) is 9.43. The molecular weight excluding hydrogens is 395 g/mol. The van der Waals surface area contributed by atoms with Crippen molar-refractivity contribution < 1.29 is 9.47 Å². The summed E-state index contributed by atoms with van der Waals surface area (Å²) in [5, 5.41) is 0. The summed E-state index contributed by atoms with van der Waals surface area (Å²) in [6.45, 7) is 3.69. The first-order chi connectivity index (χ1) is 12.0. The Bertz CT molecular complexity index is 482. The van der Waals surface area contributed by atoms with Crippen LogP contribution in [0.25, 0.3) is 0 Å². The van der Waals surface area contributed by atoms with Gasteiger partial charge in [-0.05, 0) is 68.2 Å². The minimum Gasteiger partial charge on any atom is -0.494 e. The van der Waals surface area contributed by atoms with Crippen LogP contribution < -0.4 is 4.74 Å². The first-order valence-electron chi connectivity index (χ1n) is 9.39. The summed E-state index contributed by atoms with van der Waals surface area (Å²) in [5.74, 6) is 1.62. The van der Waals surface area contributed by atoms with Gasteiger partial charge in [0.15, 0.2) is 0 Å². The lowest BCUT2D eigenvalue weighted by Crippen LogP contribution is -2.22. The number of benzene rings is 1. The van der Waals surface area contributed by atoms with Crippen molar-refractivity contribution in [2.45, 2.75) is 69.9 Å². The zero-order valence-electron chi connectivity index (χ0n) is 15.0. The fourth-order valence-electron chi connectivity index (χ4n) is 3.26. The van der Waals surface area contributed by atoms with Gasteiger partial charge < -0.3 is 9.47 Å². The molecule has 6 heteroatoms. The third-order valence-electron chi connectivity index (χ3n) is 4.75. The molecule has 25 heavy (non-hydrogen) atoms. The van der Waals surface area contributed by atoms with Crippen molar-refractivity contribution in [2.24, 2.45) is 0 Å². The quantitative estimate of drug-likeness (QED) is 0.230. The van der Waals surface area contributed by atoms with Crippen molar-refractivity contribution in [1.82, 2.24) is 0 Å². The molecule has 0 heterocycles. The van der Waals surface area contributed by atoms with Gasteiger partial charge in [-0.15, -0.1) is 33.2 Å². The molecule has 1 fully saturated rings. The van der Waals surface area contributed by atoms with Crippen molar-refractivity contribution >= 4 is 39.2 Å². The van der Waals surface area contributed by atoms with Gasteiger partial charge in [0.25, 0.3) is 0 Å². The summed E-state index contributed by atoms with van der Waals surface area (Å²) in [6.07, 6.45) is 8.08. The molecule has 0 amide bonds. The van der Waals surface area contributed by atoms with Gasteiger partial charge in [0.2, 0.25) is 0 Å². The van der Waals surface area contributed by atoms with E-state index in [-0.39, 0.29) is 0 Å². The number of halogens is 3. The normalized spacial score (nSPS) is 21.3. The molecule has 0 bridgehead atoms. The van der Waals surface area contributed by atoms with Crippen molar-refractivity contribution in [3.63, 3.8) is 0 Å². The molecule has 2 rings (SSSR count). The molecule has 0 aliphatic heterocycles. The SMILES string of the molecule is CCCCOc1ccc(C2CCC(OCCC[Si](Cl)(Cl)Cl)CC2)cc1. The molecule has 1 aliphatic rings. The van der Waals surface area contributed by atoms with E-state index in [4.69, 9.17) is 42.7 Å². The third-order valence-corrected chi connectivity index (χ3v) is 7.37. The fraction of sp³-hybridized carbons (Fsp3) is 0.684. The highest BCUT2D eigenvalue weighted by molar-refractivity contribution is 7.64. The Morgan fingerprint density at radius 2 is 1.64 bits per heavy atom. The molecule has 1 aliphatic carbocycles. The summed E-state index contributed by atoms with van der Waals surface area (Å²) < 4.78 is 11.7. The lowest BCUT2D eigenvalue weighted by molar-refractivity contribution is 0.0251. The van der Waals surface area contributed by atoms with E-state index in [9.17, 15) is 0 Å². The Labute approximate surface area is 167 Å². The maximum atomic E-state index is 5.96. The van der Waals surface area contributed by atoms with E-state index in [1.54, 1.807) is 0 Å². The number of hydrogen-bond donors (Lipinski definition) is 0. The van der Waals surface area contributed by atoms with E-state index < -0.39 is 6.00 Å². The summed E-state index contributed by atoms with van der Waals surface area (Å²) >= 11 is 17.7. The minimum atomic E-state index is -2.49. The van der Waals surface area contributed by atoms with Gasteiger partial charge in [0, 0.05) is 6.61 Å². The standard InChI is InChI=1S/C19H29Cl3O2Si/c1-2-3-13-23-18-9-5-16(6-10-18)17-7-11-19(12-8-17)24-14-4-15-25(20,21)22/h5-6,9-10,17,19H,2-4,7-8,11-15H2,1H3. The third kappa shape index (κ3) is 8.53. The molecule has 0 unspecified atom stereocenters. The number of unbranched alkanes of at least 4 members (excludes halogenated alkanes) is 1. The predicted molar refractivity (Wildman–Crippen MR) is 111 cm³/mol. The summed E-state index contributed by atoms with van der Waals surface area (Å²) in [5.41, 5.74) is 1.42. The summed E-state index contributed by atoms with van der Waals surface area (Å²) in [6, 6.07) is 6.84. The Morgan fingerprint density at radius 1 is 0.960 bits per heavy atom. The van der Waals surface area contributed by atoms with E-state index in [1.807, 2.05) is 0 Å². The van der Waals surface area contributed by atoms with Gasteiger partial charge in [-0.3, -0.25) is 0 Å². The maximum Gasteiger partial charge on any atom is 0.341 e. The minimum absolute atomic E-state index is 0.366. The second-order valence-corrected chi connectivity index (χ2v) is 16.1. The maximum absolute atomic E-state index is 5.96. The van der Waals surface area contributed by atoms with Gasteiger partial charge in [0.05, 0.1) is 12.7 Å². The Hall–Kier alpha value is 0.0669. The van der Waals surface area contributed by atoms with Gasteiger partial charge in [-0.25, -0.2) is 0 Å². The second-order valence-electron chi connectivity index (χ2n) is 6.83. The van der Waals surface area contributed by atoms with Crippen LogP contribution in [0, 0.1) is 0 Å². The lowest BCUT2D eigenvalue weighted by atomic mass is 9.83. The van der Waals surface area contributed by atoms with Crippen LogP contribution in [0.15, 0.2) is 24.3 Å². The molecule has 142 valence electrons. The molecule has 1 aromatic rings. The van der Waals surface area contributed by atoms with Crippen LogP contribution in [0.4, 0.5) is 0 Å².